The molecule has 25 heavy (non-hydrogen) atoms. The van der Waals surface area contributed by atoms with Crippen LogP contribution in [-0.2, 0) is 14.3 Å². The van der Waals surface area contributed by atoms with Gasteiger partial charge >= 0.3 is 11.9 Å². The number of carbonyl (C=O) groups excluding carboxylic acids is 3. The molecule has 0 unspecified atom stereocenters. The van der Waals surface area contributed by atoms with Crippen LogP contribution in [0.5, 0.6) is 0 Å². The molecule has 3 rings (SSSR count). The molecule has 0 N–H and O–H groups in total. The smallest absolute Gasteiger partial charge is 0.341 e. The zero-order valence-electron chi connectivity index (χ0n) is 13.9. The summed E-state index contributed by atoms with van der Waals surface area (Å²) in [6.45, 7) is 3.84. The molecule has 1 aliphatic heterocycles. The van der Waals surface area contributed by atoms with Gasteiger partial charge in [-0.3, -0.25) is 4.79 Å². The van der Waals surface area contributed by atoms with Gasteiger partial charge in [-0.15, -0.1) is 11.8 Å². The standard InChI is InChI=1S/C18H17NO5S/c1-3-23-17(21)11-8-10-25-16-13(18(22)24-4-2)12-7-5-6-9-19(12)14(16)15(11)20/h5-9H,3-4,10H2,1-2H3. The molecule has 6 nitrogen and oxygen atoms in total. The van der Waals surface area contributed by atoms with Gasteiger partial charge in [0, 0.05) is 11.9 Å². The highest BCUT2D eigenvalue weighted by atomic mass is 32.2. The quantitative estimate of drug-likeness (QED) is 0.617. The summed E-state index contributed by atoms with van der Waals surface area (Å²) in [4.78, 5) is 38.1. The molecule has 0 spiro atoms. The van der Waals surface area contributed by atoms with Crippen molar-refractivity contribution in [1.82, 2.24) is 4.40 Å². The fraction of sp³-hybridized carbons (Fsp3) is 0.278. The molecule has 0 radical (unpaired) electrons. The van der Waals surface area contributed by atoms with E-state index in [1.807, 2.05) is 0 Å². The number of nitrogens with zero attached hydrogens (tertiary/aromatic N) is 1. The molecule has 0 atom stereocenters. The maximum absolute atomic E-state index is 13.0. The van der Waals surface area contributed by atoms with Crippen LogP contribution in [0.25, 0.3) is 5.52 Å². The number of fused-ring (bicyclic) bond motifs is 3. The maximum atomic E-state index is 13.0. The van der Waals surface area contributed by atoms with Crippen LogP contribution in [0.2, 0.25) is 0 Å². The average molecular weight is 359 g/mol. The molecule has 7 heteroatoms. The summed E-state index contributed by atoms with van der Waals surface area (Å²) >= 11 is 1.33. The number of hydrogen-bond donors (Lipinski definition) is 0. The van der Waals surface area contributed by atoms with Crippen LogP contribution < -0.4 is 0 Å². The van der Waals surface area contributed by atoms with Crippen molar-refractivity contribution in [1.29, 1.82) is 0 Å². The minimum absolute atomic E-state index is 0.00763. The van der Waals surface area contributed by atoms with Crippen molar-refractivity contribution in [2.24, 2.45) is 0 Å². The molecule has 130 valence electrons. The first-order valence-electron chi connectivity index (χ1n) is 7.95. The van der Waals surface area contributed by atoms with E-state index >= 15 is 0 Å². The van der Waals surface area contributed by atoms with Crippen LogP contribution in [0, 0.1) is 0 Å². The van der Waals surface area contributed by atoms with Crippen molar-refractivity contribution in [3.8, 4) is 0 Å². The molecule has 3 heterocycles. The van der Waals surface area contributed by atoms with Crippen LogP contribution in [0.3, 0.4) is 0 Å². The minimum atomic E-state index is -0.649. The Hall–Kier alpha value is -2.54. The second-order valence-corrected chi connectivity index (χ2v) is 6.24. The van der Waals surface area contributed by atoms with Crippen LogP contribution in [0.4, 0.5) is 0 Å². The molecule has 0 fully saturated rings. The summed E-state index contributed by atoms with van der Waals surface area (Å²) in [7, 11) is 0. The average Bonchev–Trinajstić information content (AvgIpc) is 2.82. The monoisotopic (exact) mass is 359 g/mol. The van der Waals surface area contributed by atoms with Crippen molar-refractivity contribution in [3.05, 3.63) is 47.3 Å². The maximum Gasteiger partial charge on any atom is 0.341 e. The second kappa shape index (κ2) is 7.14. The van der Waals surface area contributed by atoms with Crippen molar-refractivity contribution >= 4 is 35.0 Å². The van der Waals surface area contributed by atoms with E-state index in [1.54, 1.807) is 48.7 Å². The number of rotatable bonds is 4. The highest BCUT2D eigenvalue weighted by Gasteiger charge is 2.33. The van der Waals surface area contributed by atoms with Crippen LogP contribution >= 0.6 is 11.8 Å². The topological polar surface area (TPSA) is 74.1 Å². The zero-order valence-corrected chi connectivity index (χ0v) is 14.7. The first-order chi connectivity index (χ1) is 12.1. The van der Waals surface area contributed by atoms with Gasteiger partial charge in [-0.05, 0) is 26.0 Å². The van der Waals surface area contributed by atoms with Gasteiger partial charge in [0.25, 0.3) is 0 Å². The summed E-state index contributed by atoms with van der Waals surface area (Å²) in [5.74, 6) is -1.19. The Kier molecular flexibility index (Phi) is 4.94. The number of esters is 2. The number of aromatic nitrogens is 1. The lowest BCUT2D eigenvalue weighted by Crippen LogP contribution is -2.17. The molecular formula is C18H17NO5S. The number of thioether (sulfide) groups is 1. The minimum Gasteiger partial charge on any atom is -0.462 e. The normalized spacial score (nSPS) is 13.8. The zero-order chi connectivity index (χ0) is 18.0. The van der Waals surface area contributed by atoms with Gasteiger partial charge in [-0.1, -0.05) is 12.1 Å². The largest absolute Gasteiger partial charge is 0.462 e. The number of pyridine rings is 1. The molecule has 0 aliphatic carbocycles. The second-order valence-electron chi connectivity index (χ2n) is 5.21. The first kappa shape index (κ1) is 17.3. The Bertz CT molecular complexity index is 896. The Balaban J connectivity index is 2.21. The number of Topliss-reactive ketones (excluding diaryl/α,β-unsaturated/α-hetero) is 1. The Morgan fingerprint density at radius 3 is 2.60 bits per heavy atom. The molecule has 2 aromatic rings. The van der Waals surface area contributed by atoms with E-state index in [0.717, 1.165) is 0 Å². The molecule has 0 saturated heterocycles. The van der Waals surface area contributed by atoms with Crippen molar-refractivity contribution in [2.45, 2.75) is 18.7 Å². The number of carbonyl (C=O) groups is 3. The number of hydrogen-bond acceptors (Lipinski definition) is 6. The van der Waals surface area contributed by atoms with E-state index in [9.17, 15) is 14.4 Å². The van der Waals surface area contributed by atoms with E-state index in [0.29, 0.717) is 27.4 Å². The van der Waals surface area contributed by atoms with Crippen LogP contribution in [-0.4, -0.2) is 41.1 Å². The van der Waals surface area contributed by atoms with Crippen LogP contribution in [0.15, 0.2) is 40.9 Å². The van der Waals surface area contributed by atoms with E-state index in [4.69, 9.17) is 9.47 Å². The molecule has 0 saturated carbocycles. The Morgan fingerprint density at radius 2 is 1.88 bits per heavy atom. The molecule has 0 amide bonds. The molecule has 0 aromatic carbocycles. The molecular weight excluding hydrogens is 342 g/mol. The summed E-state index contributed by atoms with van der Waals surface area (Å²) in [5.41, 5.74) is 1.22. The summed E-state index contributed by atoms with van der Waals surface area (Å²) < 4.78 is 11.8. The van der Waals surface area contributed by atoms with Gasteiger partial charge in [-0.25, -0.2) is 9.59 Å². The predicted molar refractivity (Wildman–Crippen MR) is 93.1 cm³/mol. The fourth-order valence-electron chi connectivity index (χ4n) is 2.75. The van der Waals surface area contributed by atoms with Gasteiger partial charge in [0.2, 0.25) is 5.78 Å². The summed E-state index contributed by atoms with van der Waals surface area (Å²) in [6.07, 6.45) is 3.25. The molecule has 1 aliphatic rings. The van der Waals surface area contributed by atoms with E-state index < -0.39 is 17.7 Å². The third-order valence-corrected chi connectivity index (χ3v) is 4.77. The van der Waals surface area contributed by atoms with E-state index in [-0.39, 0.29) is 18.8 Å². The van der Waals surface area contributed by atoms with E-state index in [2.05, 4.69) is 0 Å². The highest BCUT2D eigenvalue weighted by Crippen LogP contribution is 2.37. The third kappa shape index (κ3) is 2.95. The summed E-state index contributed by atoms with van der Waals surface area (Å²) in [6, 6.07) is 5.30. The van der Waals surface area contributed by atoms with Gasteiger partial charge in [-0.2, -0.15) is 0 Å². The number of ketones is 1. The lowest BCUT2D eigenvalue weighted by molar-refractivity contribution is -0.138. The first-order valence-corrected chi connectivity index (χ1v) is 8.93. The third-order valence-electron chi connectivity index (χ3n) is 3.75. The van der Waals surface area contributed by atoms with Crippen molar-refractivity contribution in [3.63, 3.8) is 0 Å². The molecule has 0 bridgehead atoms. The SMILES string of the molecule is CCOC(=O)C1=CCSc2c(C(=O)OCC)c3ccccn3c2C1=O. The predicted octanol–water partition coefficient (Wildman–Crippen LogP) is 2.89. The number of ether oxygens (including phenoxy) is 2. The lowest BCUT2D eigenvalue weighted by Gasteiger charge is -2.05. The van der Waals surface area contributed by atoms with Gasteiger partial charge in [0.15, 0.2) is 0 Å². The highest BCUT2D eigenvalue weighted by molar-refractivity contribution is 7.99. The van der Waals surface area contributed by atoms with Gasteiger partial charge in [0.05, 0.1) is 29.2 Å². The lowest BCUT2D eigenvalue weighted by atomic mass is 10.1. The van der Waals surface area contributed by atoms with E-state index in [1.165, 1.54) is 11.8 Å². The van der Waals surface area contributed by atoms with Crippen molar-refractivity contribution < 1.29 is 23.9 Å². The van der Waals surface area contributed by atoms with Gasteiger partial charge in [0.1, 0.15) is 11.3 Å². The fourth-order valence-corrected chi connectivity index (χ4v) is 3.83. The van der Waals surface area contributed by atoms with Gasteiger partial charge < -0.3 is 13.9 Å². The summed E-state index contributed by atoms with van der Waals surface area (Å²) in [5, 5.41) is 0. The molecule has 2 aromatic heterocycles. The van der Waals surface area contributed by atoms with Crippen molar-refractivity contribution in [2.75, 3.05) is 19.0 Å². The van der Waals surface area contributed by atoms with Crippen LogP contribution in [0.1, 0.15) is 34.7 Å². The Morgan fingerprint density at radius 1 is 1.16 bits per heavy atom. The Labute approximate surface area is 148 Å².